The summed E-state index contributed by atoms with van der Waals surface area (Å²) in [5.74, 6) is 1.12. The molecule has 1 aliphatic rings. The van der Waals surface area contributed by atoms with Crippen LogP contribution in [-0.4, -0.2) is 32.6 Å². The first kappa shape index (κ1) is 13.8. The van der Waals surface area contributed by atoms with Crippen LogP contribution < -0.4 is 0 Å². The van der Waals surface area contributed by atoms with Crippen molar-refractivity contribution in [1.29, 1.82) is 0 Å². The molecule has 4 nitrogen and oxygen atoms in total. The first-order chi connectivity index (χ1) is 9.72. The van der Waals surface area contributed by atoms with Crippen LogP contribution in [0, 0.1) is 0 Å². The molecule has 0 aliphatic carbocycles. The number of rotatable bonds is 4. The molecular formula is C15H18BrN3O. The van der Waals surface area contributed by atoms with Gasteiger partial charge in [0.15, 0.2) is 0 Å². The van der Waals surface area contributed by atoms with Crippen molar-refractivity contribution >= 4 is 15.9 Å². The fraction of sp³-hybridized carbons (Fsp3) is 0.400. The maximum Gasteiger partial charge on any atom is 0.122 e. The molecule has 3 rings (SSSR count). The lowest BCUT2D eigenvalue weighted by molar-refractivity contribution is 0.130. The van der Waals surface area contributed by atoms with Crippen molar-refractivity contribution < 1.29 is 5.11 Å². The van der Waals surface area contributed by atoms with Crippen molar-refractivity contribution in [2.45, 2.75) is 25.6 Å². The summed E-state index contributed by atoms with van der Waals surface area (Å²) >= 11 is 3.44. The van der Waals surface area contributed by atoms with E-state index in [1.54, 1.807) is 0 Å². The summed E-state index contributed by atoms with van der Waals surface area (Å²) in [5, 5.41) is 10.3. The summed E-state index contributed by atoms with van der Waals surface area (Å²) in [6.45, 7) is 3.77. The van der Waals surface area contributed by atoms with E-state index in [0.29, 0.717) is 0 Å². The average Bonchev–Trinajstić information content (AvgIpc) is 2.92. The third-order valence-electron chi connectivity index (χ3n) is 3.78. The molecule has 1 aromatic carbocycles. The quantitative estimate of drug-likeness (QED) is 0.933. The highest BCUT2D eigenvalue weighted by atomic mass is 79.9. The van der Waals surface area contributed by atoms with E-state index >= 15 is 0 Å². The fourth-order valence-corrected chi connectivity index (χ4v) is 3.02. The Morgan fingerprint density at radius 3 is 3.10 bits per heavy atom. The van der Waals surface area contributed by atoms with Crippen LogP contribution in [0.5, 0.6) is 0 Å². The molecule has 0 saturated carbocycles. The van der Waals surface area contributed by atoms with Crippen molar-refractivity contribution in [3.63, 3.8) is 0 Å². The van der Waals surface area contributed by atoms with Crippen molar-refractivity contribution in [3.05, 3.63) is 52.5 Å². The van der Waals surface area contributed by atoms with Gasteiger partial charge in [0, 0.05) is 36.5 Å². The zero-order valence-corrected chi connectivity index (χ0v) is 12.8. The second-order valence-corrected chi connectivity index (χ2v) is 6.09. The van der Waals surface area contributed by atoms with Gasteiger partial charge in [0.25, 0.3) is 0 Å². The molecule has 1 atom stereocenters. The summed E-state index contributed by atoms with van der Waals surface area (Å²) in [6.07, 6.45) is 4.23. The van der Waals surface area contributed by atoms with E-state index in [-0.39, 0.29) is 0 Å². The number of hydrogen-bond acceptors (Lipinski definition) is 3. The highest BCUT2D eigenvalue weighted by molar-refractivity contribution is 9.10. The highest BCUT2D eigenvalue weighted by Gasteiger charge is 2.17. The molecule has 0 spiro atoms. The molecule has 0 saturated heterocycles. The average molecular weight is 336 g/mol. The Morgan fingerprint density at radius 2 is 2.25 bits per heavy atom. The monoisotopic (exact) mass is 335 g/mol. The Morgan fingerprint density at radius 1 is 1.35 bits per heavy atom. The molecular weight excluding hydrogens is 318 g/mol. The van der Waals surface area contributed by atoms with Crippen molar-refractivity contribution in [1.82, 2.24) is 14.5 Å². The summed E-state index contributed by atoms with van der Waals surface area (Å²) in [5.41, 5.74) is 0.970. The summed E-state index contributed by atoms with van der Waals surface area (Å²) in [4.78, 5) is 6.71. The minimum atomic E-state index is -0.408. The van der Waals surface area contributed by atoms with Gasteiger partial charge in [-0.2, -0.15) is 0 Å². The SMILES string of the molecule is OC(CCN1CCn2ccnc2C1)c1cccc(Br)c1. The molecule has 0 bridgehead atoms. The molecule has 0 amide bonds. The smallest absolute Gasteiger partial charge is 0.122 e. The van der Waals surface area contributed by atoms with Crippen molar-refractivity contribution in [2.75, 3.05) is 13.1 Å². The highest BCUT2D eigenvalue weighted by Crippen LogP contribution is 2.21. The molecule has 1 N–H and O–H groups in total. The van der Waals surface area contributed by atoms with Gasteiger partial charge in [-0.15, -0.1) is 0 Å². The van der Waals surface area contributed by atoms with Gasteiger partial charge >= 0.3 is 0 Å². The Labute approximate surface area is 127 Å². The Hall–Kier alpha value is -1.17. The number of nitrogens with zero attached hydrogens (tertiary/aromatic N) is 3. The van der Waals surface area contributed by atoms with E-state index in [1.165, 1.54) is 0 Å². The maximum atomic E-state index is 10.3. The Kier molecular flexibility index (Phi) is 4.19. The van der Waals surface area contributed by atoms with Crippen LogP contribution in [0.2, 0.25) is 0 Å². The predicted octanol–water partition coefficient (Wildman–Crippen LogP) is 2.58. The number of halogens is 1. The molecule has 20 heavy (non-hydrogen) atoms. The standard InChI is InChI=1S/C15H18BrN3O/c16-13-3-1-2-12(10-13)14(20)4-6-18-8-9-19-7-5-17-15(19)11-18/h1-3,5,7,10,14,20H,4,6,8-9,11H2. The molecule has 2 aromatic rings. The van der Waals surface area contributed by atoms with E-state index in [9.17, 15) is 5.11 Å². The van der Waals surface area contributed by atoms with Gasteiger partial charge in [-0.05, 0) is 24.1 Å². The number of fused-ring (bicyclic) bond motifs is 1. The number of aliphatic hydroxyl groups is 1. The second-order valence-electron chi connectivity index (χ2n) is 5.17. The van der Waals surface area contributed by atoms with Crippen LogP contribution in [0.1, 0.15) is 23.9 Å². The maximum absolute atomic E-state index is 10.3. The topological polar surface area (TPSA) is 41.3 Å². The lowest BCUT2D eigenvalue weighted by Gasteiger charge is -2.28. The van der Waals surface area contributed by atoms with Gasteiger partial charge in [0.1, 0.15) is 5.82 Å². The first-order valence-electron chi connectivity index (χ1n) is 6.88. The number of hydrogen-bond donors (Lipinski definition) is 1. The summed E-state index contributed by atoms with van der Waals surface area (Å²) < 4.78 is 3.20. The van der Waals surface area contributed by atoms with Crippen molar-refractivity contribution in [3.8, 4) is 0 Å². The molecule has 0 radical (unpaired) electrons. The number of aromatic nitrogens is 2. The molecule has 5 heteroatoms. The van der Waals surface area contributed by atoms with E-state index in [2.05, 4.69) is 30.4 Å². The molecule has 106 valence electrons. The normalized spacial score (nSPS) is 16.9. The molecule has 2 heterocycles. The van der Waals surface area contributed by atoms with Crippen LogP contribution in [-0.2, 0) is 13.1 Å². The molecule has 1 aliphatic heterocycles. The lowest BCUT2D eigenvalue weighted by atomic mass is 10.1. The minimum Gasteiger partial charge on any atom is -0.388 e. The molecule has 0 fully saturated rings. The first-order valence-corrected chi connectivity index (χ1v) is 7.67. The van der Waals surface area contributed by atoms with E-state index < -0.39 is 6.10 Å². The number of benzene rings is 1. The zero-order chi connectivity index (χ0) is 13.9. The summed E-state index contributed by atoms with van der Waals surface area (Å²) in [7, 11) is 0. The molecule has 1 aromatic heterocycles. The predicted molar refractivity (Wildman–Crippen MR) is 81.2 cm³/mol. The van der Waals surface area contributed by atoms with Gasteiger partial charge in [-0.25, -0.2) is 4.98 Å². The fourth-order valence-electron chi connectivity index (χ4n) is 2.60. The lowest BCUT2D eigenvalue weighted by Crippen LogP contribution is -2.34. The van der Waals surface area contributed by atoms with Gasteiger partial charge in [0.05, 0.1) is 12.6 Å². The van der Waals surface area contributed by atoms with Gasteiger partial charge in [-0.1, -0.05) is 28.1 Å². The van der Waals surface area contributed by atoms with E-state index in [1.807, 2.05) is 36.7 Å². The Bertz CT molecular complexity index is 584. The van der Waals surface area contributed by atoms with E-state index in [4.69, 9.17) is 0 Å². The Balaban J connectivity index is 1.55. The van der Waals surface area contributed by atoms with Crippen LogP contribution in [0.3, 0.4) is 0 Å². The van der Waals surface area contributed by atoms with Crippen LogP contribution in [0.15, 0.2) is 41.1 Å². The van der Waals surface area contributed by atoms with Crippen molar-refractivity contribution in [2.24, 2.45) is 0 Å². The molecule has 1 unspecified atom stereocenters. The van der Waals surface area contributed by atoms with Gasteiger partial charge < -0.3 is 9.67 Å². The van der Waals surface area contributed by atoms with E-state index in [0.717, 1.165) is 48.5 Å². The van der Waals surface area contributed by atoms with Crippen LogP contribution in [0.25, 0.3) is 0 Å². The minimum absolute atomic E-state index is 0.408. The van der Waals surface area contributed by atoms with Crippen LogP contribution >= 0.6 is 15.9 Å². The zero-order valence-electron chi connectivity index (χ0n) is 11.2. The summed E-state index contributed by atoms with van der Waals surface area (Å²) in [6, 6.07) is 7.88. The van der Waals surface area contributed by atoms with Gasteiger partial charge in [0.2, 0.25) is 0 Å². The second kappa shape index (κ2) is 6.08. The van der Waals surface area contributed by atoms with Gasteiger partial charge in [-0.3, -0.25) is 4.90 Å². The number of imidazole rings is 1. The third kappa shape index (κ3) is 3.11. The third-order valence-corrected chi connectivity index (χ3v) is 4.27. The van der Waals surface area contributed by atoms with Crippen LogP contribution in [0.4, 0.5) is 0 Å². The largest absolute Gasteiger partial charge is 0.388 e. The number of aliphatic hydroxyl groups excluding tert-OH is 1.